The van der Waals surface area contributed by atoms with E-state index in [-0.39, 0.29) is 0 Å². The summed E-state index contributed by atoms with van der Waals surface area (Å²) in [5.74, 6) is -1.83. The van der Waals surface area contributed by atoms with Crippen LogP contribution in [0.3, 0.4) is 0 Å². The Morgan fingerprint density at radius 1 is 1.29 bits per heavy atom. The molecule has 0 unspecified atom stereocenters. The molecular weight excluding hydrogens is 296 g/mol. The Bertz CT molecular complexity index is 702. The minimum absolute atomic E-state index is 0.337. The summed E-state index contributed by atoms with van der Waals surface area (Å²) in [6.45, 7) is 3.52. The highest BCUT2D eigenvalue weighted by molar-refractivity contribution is 7.13. The van der Waals surface area contributed by atoms with Gasteiger partial charge in [0, 0.05) is 17.7 Å². The lowest BCUT2D eigenvalue weighted by Gasteiger charge is -2.04. The van der Waals surface area contributed by atoms with E-state index in [0.717, 1.165) is 11.1 Å². The smallest absolute Gasteiger partial charge is 0.330 e. The Hall–Kier alpha value is -2.08. The maximum absolute atomic E-state index is 13.4. The van der Waals surface area contributed by atoms with Crippen molar-refractivity contribution in [2.75, 3.05) is 7.11 Å². The predicted octanol–water partition coefficient (Wildman–Crippen LogP) is 3.97. The second-order valence-electron chi connectivity index (χ2n) is 4.42. The molecular formula is C15H13F2NO2S. The van der Waals surface area contributed by atoms with Gasteiger partial charge in [0.25, 0.3) is 0 Å². The van der Waals surface area contributed by atoms with Gasteiger partial charge in [-0.3, -0.25) is 0 Å². The van der Waals surface area contributed by atoms with Crippen LogP contribution in [-0.4, -0.2) is 18.1 Å². The average Bonchev–Trinajstić information content (AvgIpc) is 2.79. The van der Waals surface area contributed by atoms with Crippen molar-refractivity contribution >= 4 is 22.9 Å². The molecule has 0 spiro atoms. The van der Waals surface area contributed by atoms with Gasteiger partial charge in [0.05, 0.1) is 22.7 Å². The molecule has 1 aromatic carbocycles. The van der Waals surface area contributed by atoms with Crippen LogP contribution in [0.25, 0.3) is 16.8 Å². The third kappa shape index (κ3) is 3.52. The van der Waals surface area contributed by atoms with Gasteiger partial charge in [-0.05, 0) is 31.6 Å². The summed E-state index contributed by atoms with van der Waals surface area (Å²) in [6.07, 6.45) is 1.33. The minimum Gasteiger partial charge on any atom is -0.466 e. The number of benzene rings is 1. The molecule has 1 heterocycles. The number of carbonyl (C=O) groups excluding carboxylic acids is 1. The molecule has 0 bridgehead atoms. The molecule has 0 aliphatic heterocycles. The van der Waals surface area contributed by atoms with Crippen LogP contribution >= 0.6 is 11.3 Å². The molecule has 0 amide bonds. The topological polar surface area (TPSA) is 39.2 Å². The van der Waals surface area contributed by atoms with Crippen molar-refractivity contribution in [1.82, 2.24) is 4.98 Å². The van der Waals surface area contributed by atoms with Gasteiger partial charge in [-0.1, -0.05) is 0 Å². The molecule has 1 aromatic heterocycles. The number of thiazole rings is 1. The Morgan fingerprint density at radius 2 is 1.90 bits per heavy atom. The standard InChI is InChI=1S/C15H13F2NO2S/c1-8(4-13(19)20-3)15-14(18-9(2)21-15)10-5-11(16)7-12(17)6-10/h4-7H,1-3H3/b8-4+. The fourth-order valence-electron chi connectivity index (χ4n) is 1.88. The molecule has 3 nitrogen and oxygen atoms in total. The number of methoxy groups -OCH3 is 1. The molecule has 0 radical (unpaired) electrons. The lowest BCUT2D eigenvalue weighted by atomic mass is 10.1. The summed E-state index contributed by atoms with van der Waals surface area (Å²) in [6, 6.07) is 3.23. The van der Waals surface area contributed by atoms with Gasteiger partial charge < -0.3 is 4.74 Å². The predicted molar refractivity (Wildman–Crippen MR) is 77.9 cm³/mol. The van der Waals surface area contributed by atoms with Crippen LogP contribution in [-0.2, 0) is 9.53 Å². The van der Waals surface area contributed by atoms with E-state index in [1.807, 2.05) is 0 Å². The van der Waals surface area contributed by atoms with Crippen molar-refractivity contribution in [2.45, 2.75) is 13.8 Å². The molecule has 0 fully saturated rings. The molecule has 21 heavy (non-hydrogen) atoms. The van der Waals surface area contributed by atoms with Crippen LogP contribution < -0.4 is 0 Å². The van der Waals surface area contributed by atoms with Crippen LogP contribution in [0.1, 0.15) is 16.8 Å². The van der Waals surface area contributed by atoms with Gasteiger partial charge >= 0.3 is 5.97 Å². The van der Waals surface area contributed by atoms with Gasteiger partial charge in [-0.2, -0.15) is 0 Å². The first-order valence-electron chi connectivity index (χ1n) is 6.11. The third-order valence-corrected chi connectivity index (χ3v) is 3.87. The van der Waals surface area contributed by atoms with Crippen LogP contribution in [0.4, 0.5) is 8.78 Å². The lowest BCUT2D eigenvalue weighted by Crippen LogP contribution is -1.96. The first-order valence-corrected chi connectivity index (χ1v) is 6.93. The van der Waals surface area contributed by atoms with E-state index in [0.29, 0.717) is 21.7 Å². The fourth-order valence-corrected chi connectivity index (χ4v) is 2.79. The van der Waals surface area contributed by atoms with Crippen molar-refractivity contribution in [3.8, 4) is 11.3 Å². The zero-order valence-electron chi connectivity index (χ0n) is 11.7. The van der Waals surface area contributed by atoms with Crippen LogP contribution in [0.2, 0.25) is 0 Å². The molecule has 110 valence electrons. The molecule has 2 rings (SSSR count). The number of aryl methyl sites for hydroxylation is 1. The quantitative estimate of drug-likeness (QED) is 0.636. The highest BCUT2D eigenvalue weighted by atomic mass is 32.1. The normalized spacial score (nSPS) is 11.6. The number of aromatic nitrogens is 1. The van der Waals surface area contributed by atoms with Gasteiger partial charge in [-0.25, -0.2) is 18.6 Å². The highest BCUT2D eigenvalue weighted by Crippen LogP contribution is 2.34. The summed E-state index contributed by atoms with van der Waals surface area (Å²) < 4.78 is 31.3. The monoisotopic (exact) mass is 309 g/mol. The summed E-state index contributed by atoms with van der Waals surface area (Å²) in [4.78, 5) is 16.3. The summed E-state index contributed by atoms with van der Waals surface area (Å²) in [7, 11) is 1.28. The first-order chi connectivity index (χ1) is 9.90. The second-order valence-corrected chi connectivity index (χ2v) is 5.62. The van der Waals surface area contributed by atoms with E-state index >= 15 is 0 Å². The molecule has 0 saturated carbocycles. The van der Waals surface area contributed by atoms with Crippen LogP contribution in [0.5, 0.6) is 0 Å². The molecule has 6 heteroatoms. The molecule has 2 aromatic rings. The van der Waals surface area contributed by atoms with Crippen molar-refractivity contribution in [1.29, 1.82) is 0 Å². The number of hydrogen-bond donors (Lipinski definition) is 0. The number of esters is 1. The summed E-state index contributed by atoms with van der Waals surface area (Å²) in [5.41, 5.74) is 1.42. The van der Waals surface area contributed by atoms with E-state index in [9.17, 15) is 13.6 Å². The zero-order valence-corrected chi connectivity index (χ0v) is 12.6. The van der Waals surface area contributed by atoms with E-state index in [1.54, 1.807) is 13.8 Å². The molecule has 0 saturated heterocycles. The van der Waals surface area contributed by atoms with Crippen LogP contribution in [0.15, 0.2) is 24.3 Å². The zero-order chi connectivity index (χ0) is 15.6. The van der Waals surface area contributed by atoms with Gasteiger partial charge in [0.1, 0.15) is 11.6 Å². The number of hydrogen-bond acceptors (Lipinski definition) is 4. The van der Waals surface area contributed by atoms with Crippen molar-refractivity contribution in [3.05, 3.63) is 45.8 Å². The largest absolute Gasteiger partial charge is 0.466 e. The Morgan fingerprint density at radius 3 is 2.48 bits per heavy atom. The van der Waals surface area contributed by atoms with Gasteiger partial charge in [-0.15, -0.1) is 11.3 Å². The Labute approximate surface area is 124 Å². The first kappa shape index (κ1) is 15.3. The number of ether oxygens (including phenoxy) is 1. The van der Waals surface area contributed by atoms with E-state index in [1.165, 1.54) is 36.7 Å². The maximum atomic E-state index is 13.4. The number of allylic oxidation sites excluding steroid dienone is 1. The molecule has 0 aliphatic rings. The average molecular weight is 309 g/mol. The third-order valence-electron chi connectivity index (χ3n) is 2.76. The highest BCUT2D eigenvalue weighted by Gasteiger charge is 2.15. The SMILES string of the molecule is COC(=O)/C=C(\C)c1sc(C)nc1-c1cc(F)cc(F)c1. The van der Waals surface area contributed by atoms with Crippen molar-refractivity contribution in [3.63, 3.8) is 0 Å². The minimum atomic E-state index is -0.670. The van der Waals surface area contributed by atoms with Gasteiger partial charge in [0.15, 0.2) is 0 Å². The number of halogens is 2. The number of rotatable bonds is 3. The molecule has 0 aliphatic carbocycles. The molecule has 0 atom stereocenters. The van der Waals surface area contributed by atoms with Crippen molar-refractivity contribution < 1.29 is 18.3 Å². The van der Waals surface area contributed by atoms with Crippen molar-refractivity contribution in [2.24, 2.45) is 0 Å². The second kappa shape index (κ2) is 6.13. The van der Waals surface area contributed by atoms with Gasteiger partial charge in [0.2, 0.25) is 0 Å². The van der Waals surface area contributed by atoms with E-state index < -0.39 is 17.6 Å². The number of nitrogens with zero attached hydrogens (tertiary/aromatic N) is 1. The fraction of sp³-hybridized carbons (Fsp3) is 0.200. The lowest BCUT2D eigenvalue weighted by molar-refractivity contribution is -0.134. The van der Waals surface area contributed by atoms with E-state index in [4.69, 9.17) is 0 Å². The summed E-state index contributed by atoms with van der Waals surface area (Å²) in [5, 5.41) is 0.738. The van der Waals surface area contributed by atoms with E-state index in [2.05, 4.69) is 9.72 Å². The number of carbonyl (C=O) groups is 1. The Balaban J connectivity index is 2.55. The molecule has 0 N–H and O–H groups in total. The summed E-state index contributed by atoms with van der Waals surface area (Å²) >= 11 is 1.35. The Kier molecular flexibility index (Phi) is 4.47. The van der Waals surface area contributed by atoms with Crippen LogP contribution in [0, 0.1) is 18.6 Å². The maximum Gasteiger partial charge on any atom is 0.330 e.